The Labute approximate surface area is 117 Å². The van der Waals surface area contributed by atoms with E-state index in [1.54, 1.807) is 18.9 Å². The topological polar surface area (TPSA) is 78.9 Å². The summed E-state index contributed by atoms with van der Waals surface area (Å²) in [6.45, 7) is 4.03. The standard InChI is InChI=1S/C14H18N2O4/c1-9(2)12(13(17)18)20-14(19)15-16-8-7-10-5-3-4-6-11(10)16/h3-6,9,12H,7-8H2,1-2H3,(H,15,19)(H,17,18). The number of carbonyl (C=O) groups is 2. The van der Waals surface area contributed by atoms with Crippen molar-refractivity contribution in [3.05, 3.63) is 29.8 Å². The first-order chi connectivity index (χ1) is 9.49. The number of anilines is 1. The Morgan fingerprint density at radius 3 is 2.70 bits per heavy atom. The summed E-state index contributed by atoms with van der Waals surface area (Å²) in [7, 11) is 0. The number of carboxylic acid groups (broad SMARTS) is 1. The summed E-state index contributed by atoms with van der Waals surface area (Å²) in [6.07, 6.45) is -1.06. The predicted molar refractivity (Wildman–Crippen MR) is 73.4 cm³/mol. The molecule has 0 saturated carbocycles. The fourth-order valence-corrected chi connectivity index (χ4v) is 2.18. The van der Waals surface area contributed by atoms with E-state index in [0.717, 1.165) is 17.7 Å². The van der Waals surface area contributed by atoms with Crippen LogP contribution in [0.2, 0.25) is 0 Å². The third-order valence-electron chi connectivity index (χ3n) is 3.20. The highest BCUT2D eigenvalue weighted by Gasteiger charge is 2.27. The molecule has 0 aromatic heterocycles. The number of hydrogen-bond acceptors (Lipinski definition) is 4. The number of ether oxygens (including phenoxy) is 1. The van der Waals surface area contributed by atoms with Gasteiger partial charge in [0.05, 0.1) is 5.69 Å². The Bertz CT molecular complexity index is 516. The normalized spacial score (nSPS) is 14.8. The second kappa shape index (κ2) is 5.81. The van der Waals surface area contributed by atoms with Gasteiger partial charge < -0.3 is 9.84 Å². The lowest BCUT2D eigenvalue weighted by Crippen LogP contribution is -2.44. The number of fused-ring (bicyclic) bond motifs is 1. The largest absolute Gasteiger partial charge is 0.478 e. The number of aliphatic carboxylic acids is 1. The molecule has 20 heavy (non-hydrogen) atoms. The van der Waals surface area contributed by atoms with Gasteiger partial charge in [-0.25, -0.2) is 15.0 Å². The number of amides is 1. The summed E-state index contributed by atoms with van der Waals surface area (Å²) >= 11 is 0. The third-order valence-corrected chi connectivity index (χ3v) is 3.20. The Balaban J connectivity index is 1.98. The summed E-state index contributed by atoms with van der Waals surface area (Å²) in [6, 6.07) is 7.73. The molecular formula is C14H18N2O4. The van der Waals surface area contributed by atoms with E-state index in [1.807, 2.05) is 24.3 Å². The van der Waals surface area contributed by atoms with Gasteiger partial charge in [0.15, 0.2) is 0 Å². The molecule has 1 atom stereocenters. The monoisotopic (exact) mass is 278 g/mol. The smallest absolute Gasteiger partial charge is 0.427 e. The first-order valence-corrected chi connectivity index (χ1v) is 6.54. The quantitative estimate of drug-likeness (QED) is 0.878. The number of carbonyl (C=O) groups excluding carboxylic acids is 1. The zero-order valence-electron chi connectivity index (χ0n) is 11.5. The molecule has 2 N–H and O–H groups in total. The molecule has 1 aromatic rings. The average molecular weight is 278 g/mol. The summed E-state index contributed by atoms with van der Waals surface area (Å²) in [4.78, 5) is 22.8. The van der Waals surface area contributed by atoms with Gasteiger partial charge in [-0.3, -0.25) is 5.01 Å². The van der Waals surface area contributed by atoms with E-state index in [0.29, 0.717) is 6.54 Å². The molecule has 1 aliphatic heterocycles. The molecule has 1 amide bonds. The molecule has 108 valence electrons. The summed E-state index contributed by atoms with van der Waals surface area (Å²) in [5, 5.41) is 10.7. The Morgan fingerprint density at radius 2 is 2.05 bits per heavy atom. The van der Waals surface area contributed by atoms with Crippen LogP contribution in [0.5, 0.6) is 0 Å². The van der Waals surface area contributed by atoms with Crippen molar-refractivity contribution >= 4 is 17.7 Å². The van der Waals surface area contributed by atoms with Gasteiger partial charge in [0.25, 0.3) is 0 Å². The summed E-state index contributed by atoms with van der Waals surface area (Å²) < 4.78 is 4.96. The highest BCUT2D eigenvalue weighted by Crippen LogP contribution is 2.25. The van der Waals surface area contributed by atoms with Gasteiger partial charge in [0.1, 0.15) is 0 Å². The van der Waals surface area contributed by atoms with Crippen LogP contribution in [-0.4, -0.2) is 29.8 Å². The predicted octanol–water partition coefficient (Wildman–Crippen LogP) is 1.80. The fourth-order valence-electron chi connectivity index (χ4n) is 2.18. The lowest BCUT2D eigenvalue weighted by atomic mass is 10.1. The van der Waals surface area contributed by atoms with E-state index in [-0.39, 0.29) is 5.92 Å². The molecule has 0 spiro atoms. The van der Waals surface area contributed by atoms with Crippen LogP contribution in [0.3, 0.4) is 0 Å². The number of nitrogens with one attached hydrogen (secondary N) is 1. The van der Waals surface area contributed by atoms with Crippen LogP contribution in [0, 0.1) is 5.92 Å². The SMILES string of the molecule is CC(C)C(OC(=O)NN1CCc2ccccc21)C(=O)O. The molecule has 6 heteroatoms. The Morgan fingerprint density at radius 1 is 1.35 bits per heavy atom. The van der Waals surface area contributed by atoms with E-state index in [9.17, 15) is 9.59 Å². The average Bonchev–Trinajstić information content (AvgIpc) is 2.79. The molecule has 0 fully saturated rings. The molecule has 2 rings (SSSR count). The van der Waals surface area contributed by atoms with E-state index < -0.39 is 18.2 Å². The van der Waals surface area contributed by atoms with Crippen LogP contribution < -0.4 is 10.4 Å². The number of para-hydroxylation sites is 1. The minimum Gasteiger partial charge on any atom is -0.478 e. The molecule has 0 bridgehead atoms. The van der Waals surface area contributed by atoms with Gasteiger partial charge in [-0.05, 0) is 18.1 Å². The maximum atomic E-state index is 11.8. The van der Waals surface area contributed by atoms with Crippen LogP contribution >= 0.6 is 0 Å². The van der Waals surface area contributed by atoms with Crippen LogP contribution in [0.15, 0.2) is 24.3 Å². The van der Waals surface area contributed by atoms with Gasteiger partial charge in [-0.2, -0.15) is 0 Å². The van der Waals surface area contributed by atoms with Crippen molar-refractivity contribution in [3.63, 3.8) is 0 Å². The zero-order chi connectivity index (χ0) is 14.7. The lowest BCUT2D eigenvalue weighted by Gasteiger charge is -2.22. The van der Waals surface area contributed by atoms with Crippen molar-refractivity contribution in [2.45, 2.75) is 26.4 Å². The van der Waals surface area contributed by atoms with Gasteiger partial charge in [0.2, 0.25) is 6.10 Å². The van der Waals surface area contributed by atoms with Gasteiger partial charge in [-0.15, -0.1) is 0 Å². The summed E-state index contributed by atoms with van der Waals surface area (Å²) in [5.74, 6) is -1.43. The minimum absolute atomic E-state index is 0.288. The Hall–Kier alpha value is -2.24. The molecule has 0 saturated heterocycles. The van der Waals surface area contributed by atoms with Crippen LogP contribution in [0.4, 0.5) is 10.5 Å². The molecular weight excluding hydrogens is 260 g/mol. The molecule has 1 heterocycles. The molecule has 0 aliphatic carbocycles. The van der Waals surface area contributed by atoms with E-state index in [2.05, 4.69) is 5.43 Å². The van der Waals surface area contributed by atoms with Gasteiger partial charge in [-0.1, -0.05) is 32.0 Å². The number of rotatable bonds is 4. The van der Waals surface area contributed by atoms with Crippen molar-refractivity contribution in [3.8, 4) is 0 Å². The fraction of sp³-hybridized carbons (Fsp3) is 0.429. The van der Waals surface area contributed by atoms with Crippen molar-refractivity contribution in [1.82, 2.24) is 5.43 Å². The molecule has 6 nitrogen and oxygen atoms in total. The molecule has 1 aromatic carbocycles. The van der Waals surface area contributed by atoms with Crippen molar-refractivity contribution < 1.29 is 19.4 Å². The minimum atomic E-state index is -1.15. The van der Waals surface area contributed by atoms with Crippen molar-refractivity contribution in [2.75, 3.05) is 11.6 Å². The molecule has 1 unspecified atom stereocenters. The lowest BCUT2D eigenvalue weighted by molar-refractivity contribution is -0.149. The van der Waals surface area contributed by atoms with Crippen LogP contribution in [0.25, 0.3) is 0 Å². The van der Waals surface area contributed by atoms with E-state index in [1.165, 1.54) is 0 Å². The highest BCUT2D eigenvalue weighted by atomic mass is 16.6. The number of hydrogen-bond donors (Lipinski definition) is 2. The van der Waals surface area contributed by atoms with Crippen molar-refractivity contribution in [1.29, 1.82) is 0 Å². The van der Waals surface area contributed by atoms with Gasteiger partial charge >= 0.3 is 12.1 Å². The maximum Gasteiger partial charge on any atom is 0.427 e. The maximum absolute atomic E-state index is 11.8. The summed E-state index contributed by atoms with van der Waals surface area (Å²) in [5.41, 5.74) is 4.65. The zero-order valence-corrected chi connectivity index (χ0v) is 11.5. The second-order valence-corrected chi connectivity index (χ2v) is 5.05. The molecule has 1 aliphatic rings. The first-order valence-electron chi connectivity index (χ1n) is 6.54. The number of carboxylic acids is 1. The van der Waals surface area contributed by atoms with Crippen molar-refractivity contribution in [2.24, 2.45) is 5.92 Å². The van der Waals surface area contributed by atoms with Crippen LogP contribution in [-0.2, 0) is 16.0 Å². The van der Waals surface area contributed by atoms with Gasteiger partial charge in [0, 0.05) is 12.5 Å². The van der Waals surface area contributed by atoms with E-state index in [4.69, 9.17) is 9.84 Å². The third kappa shape index (κ3) is 3.01. The highest BCUT2D eigenvalue weighted by molar-refractivity contribution is 5.78. The number of hydrazine groups is 1. The number of nitrogens with zero attached hydrogens (tertiary/aromatic N) is 1. The van der Waals surface area contributed by atoms with Crippen LogP contribution in [0.1, 0.15) is 19.4 Å². The second-order valence-electron chi connectivity index (χ2n) is 5.05. The Kier molecular flexibility index (Phi) is 4.12. The van der Waals surface area contributed by atoms with E-state index >= 15 is 0 Å². The number of benzene rings is 1. The first kappa shape index (κ1) is 14.2. The molecule has 0 radical (unpaired) electrons.